The zero-order valence-corrected chi connectivity index (χ0v) is 17.7. The van der Waals surface area contributed by atoms with E-state index in [9.17, 15) is 0 Å². The summed E-state index contributed by atoms with van der Waals surface area (Å²) in [5, 5.41) is 0. The standard InChI is InChI=1S/C30H24O2/c1-5-13-24(14-6-1)29-22-21-28(32-29)23-31-30(25-15-7-2-8-16-25,26-17-9-3-10-18-26)27-19-11-4-12-20-27/h1-22H,23H2. The van der Waals surface area contributed by atoms with Crippen LogP contribution in [0.2, 0.25) is 0 Å². The highest BCUT2D eigenvalue weighted by Crippen LogP contribution is 2.41. The molecule has 0 fully saturated rings. The molecule has 0 aliphatic heterocycles. The van der Waals surface area contributed by atoms with Crippen LogP contribution in [0, 0.1) is 0 Å². The largest absolute Gasteiger partial charge is 0.459 e. The SMILES string of the molecule is c1ccc(-c2ccc(COC(c3ccccc3)(c3ccccc3)c3ccccc3)o2)cc1. The van der Waals surface area contributed by atoms with Gasteiger partial charge in [0.1, 0.15) is 23.7 Å². The van der Waals surface area contributed by atoms with E-state index in [0.29, 0.717) is 6.61 Å². The molecule has 32 heavy (non-hydrogen) atoms. The smallest absolute Gasteiger partial charge is 0.144 e. The van der Waals surface area contributed by atoms with Crippen LogP contribution >= 0.6 is 0 Å². The first-order chi connectivity index (χ1) is 15.9. The van der Waals surface area contributed by atoms with Gasteiger partial charge in [0.15, 0.2) is 0 Å². The van der Waals surface area contributed by atoms with Gasteiger partial charge >= 0.3 is 0 Å². The first-order valence-electron chi connectivity index (χ1n) is 10.8. The van der Waals surface area contributed by atoms with Gasteiger partial charge < -0.3 is 9.15 Å². The van der Waals surface area contributed by atoms with E-state index in [1.807, 2.05) is 60.7 Å². The fraction of sp³-hybridized carbons (Fsp3) is 0.0667. The maximum Gasteiger partial charge on any atom is 0.144 e. The van der Waals surface area contributed by atoms with Crippen molar-refractivity contribution in [1.29, 1.82) is 0 Å². The molecule has 0 unspecified atom stereocenters. The van der Waals surface area contributed by atoms with E-state index in [-0.39, 0.29) is 0 Å². The Bertz CT molecular complexity index is 1150. The lowest BCUT2D eigenvalue weighted by atomic mass is 9.80. The van der Waals surface area contributed by atoms with Crippen molar-refractivity contribution in [3.63, 3.8) is 0 Å². The van der Waals surface area contributed by atoms with Crippen molar-refractivity contribution >= 4 is 0 Å². The van der Waals surface area contributed by atoms with Crippen LogP contribution in [-0.2, 0) is 16.9 Å². The van der Waals surface area contributed by atoms with Gasteiger partial charge in [0.25, 0.3) is 0 Å². The first-order valence-corrected chi connectivity index (χ1v) is 10.8. The van der Waals surface area contributed by atoms with E-state index in [0.717, 1.165) is 33.8 Å². The van der Waals surface area contributed by atoms with E-state index in [1.165, 1.54) is 0 Å². The van der Waals surface area contributed by atoms with Crippen LogP contribution in [0.25, 0.3) is 11.3 Å². The number of rotatable bonds is 7. The molecule has 0 radical (unpaired) electrons. The molecule has 5 rings (SSSR count). The zero-order chi connectivity index (χ0) is 21.6. The molecule has 0 aliphatic carbocycles. The van der Waals surface area contributed by atoms with Crippen molar-refractivity contribution in [2.24, 2.45) is 0 Å². The summed E-state index contributed by atoms with van der Waals surface area (Å²) in [6.07, 6.45) is 0. The molecular formula is C30H24O2. The highest BCUT2D eigenvalue weighted by Gasteiger charge is 2.37. The second kappa shape index (κ2) is 9.09. The lowest BCUT2D eigenvalue weighted by Gasteiger charge is -2.35. The van der Waals surface area contributed by atoms with Gasteiger partial charge in [0, 0.05) is 5.56 Å². The second-order valence-corrected chi connectivity index (χ2v) is 7.70. The quantitative estimate of drug-likeness (QED) is 0.257. The summed E-state index contributed by atoms with van der Waals surface area (Å²) in [6.45, 7) is 0.339. The van der Waals surface area contributed by atoms with E-state index in [4.69, 9.17) is 9.15 Å². The monoisotopic (exact) mass is 416 g/mol. The van der Waals surface area contributed by atoms with Gasteiger partial charge in [-0.15, -0.1) is 0 Å². The summed E-state index contributed by atoms with van der Waals surface area (Å²) in [5.41, 5.74) is 3.52. The maximum absolute atomic E-state index is 6.83. The molecule has 2 nitrogen and oxygen atoms in total. The van der Waals surface area contributed by atoms with Crippen molar-refractivity contribution in [3.8, 4) is 11.3 Å². The number of benzene rings is 4. The highest BCUT2D eigenvalue weighted by atomic mass is 16.5. The van der Waals surface area contributed by atoms with E-state index >= 15 is 0 Å². The van der Waals surface area contributed by atoms with Crippen molar-refractivity contribution in [1.82, 2.24) is 0 Å². The van der Waals surface area contributed by atoms with Gasteiger partial charge in [0.2, 0.25) is 0 Å². The zero-order valence-electron chi connectivity index (χ0n) is 17.7. The van der Waals surface area contributed by atoms with Crippen molar-refractivity contribution in [2.45, 2.75) is 12.2 Å². The number of ether oxygens (including phenoxy) is 1. The molecule has 1 aromatic heterocycles. The molecule has 0 atom stereocenters. The minimum absolute atomic E-state index is 0.339. The van der Waals surface area contributed by atoms with Crippen LogP contribution in [-0.4, -0.2) is 0 Å². The van der Waals surface area contributed by atoms with Gasteiger partial charge in [-0.1, -0.05) is 121 Å². The average molecular weight is 417 g/mol. The van der Waals surface area contributed by atoms with Gasteiger partial charge in [-0.2, -0.15) is 0 Å². The average Bonchev–Trinajstić information content (AvgIpc) is 3.36. The van der Waals surface area contributed by atoms with Crippen LogP contribution in [0.15, 0.2) is 138 Å². The Morgan fingerprint density at radius 3 is 1.41 bits per heavy atom. The van der Waals surface area contributed by atoms with Crippen LogP contribution in [0.1, 0.15) is 22.5 Å². The summed E-state index contributed by atoms with van der Waals surface area (Å²) >= 11 is 0. The van der Waals surface area contributed by atoms with Gasteiger partial charge in [0.05, 0.1) is 0 Å². The fourth-order valence-electron chi connectivity index (χ4n) is 4.16. The van der Waals surface area contributed by atoms with Crippen LogP contribution < -0.4 is 0 Å². The Hall–Kier alpha value is -3.88. The molecule has 156 valence electrons. The summed E-state index contributed by atoms with van der Waals surface area (Å²) < 4.78 is 13.0. The molecular weight excluding hydrogens is 392 g/mol. The van der Waals surface area contributed by atoms with E-state index < -0.39 is 5.60 Å². The third-order valence-electron chi connectivity index (χ3n) is 5.69. The normalized spacial score (nSPS) is 11.4. The Labute approximate surface area is 188 Å². The van der Waals surface area contributed by atoms with Crippen LogP contribution in [0.5, 0.6) is 0 Å². The fourth-order valence-corrected chi connectivity index (χ4v) is 4.16. The predicted octanol–water partition coefficient (Wildman–Crippen LogP) is 7.46. The van der Waals surface area contributed by atoms with E-state index in [1.54, 1.807) is 0 Å². The molecule has 1 heterocycles. The molecule has 0 saturated carbocycles. The lowest BCUT2D eigenvalue weighted by molar-refractivity contribution is -0.00768. The van der Waals surface area contributed by atoms with Crippen molar-refractivity contribution in [3.05, 3.63) is 156 Å². The highest BCUT2D eigenvalue weighted by molar-refractivity contribution is 5.57. The number of hydrogen-bond donors (Lipinski definition) is 0. The Balaban J connectivity index is 1.57. The van der Waals surface area contributed by atoms with Gasteiger partial charge in [-0.25, -0.2) is 0 Å². The molecule has 0 spiro atoms. The third-order valence-corrected chi connectivity index (χ3v) is 5.69. The molecule has 0 aliphatic rings. The minimum atomic E-state index is -0.760. The summed E-state index contributed by atoms with van der Waals surface area (Å²) in [4.78, 5) is 0. The van der Waals surface area contributed by atoms with Crippen molar-refractivity contribution < 1.29 is 9.15 Å². The topological polar surface area (TPSA) is 22.4 Å². The summed E-state index contributed by atoms with van der Waals surface area (Å²) in [7, 11) is 0. The van der Waals surface area contributed by atoms with Gasteiger partial charge in [-0.05, 0) is 28.8 Å². The first kappa shape index (κ1) is 20.0. The Morgan fingerprint density at radius 2 is 0.938 bits per heavy atom. The molecule has 5 aromatic rings. The summed E-state index contributed by atoms with van der Waals surface area (Å²) in [5.74, 6) is 1.63. The second-order valence-electron chi connectivity index (χ2n) is 7.70. The van der Waals surface area contributed by atoms with E-state index in [2.05, 4.69) is 72.8 Å². The Kier molecular flexibility index (Phi) is 5.69. The molecule has 0 bridgehead atoms. The van der Waals surface area contributed by atoms with Crippen LogP contribution in [0.3, 0.4) is 0 Å². The molecule has 0 amide bonds. The molecule has 4 aromatic carbocycles. The van der Waals surface area contributed by atoms with Crippen LogP contribution in [0.4, 0.5) is 0 Å². The summed E-state index contributed by atoms with van der Waals surface area (Å²) in [6, 6.07) is 45.3. The maximum atomic E-state index is 6.83. The number of furan rings is 1. The molecule has 0 N–H and O–H groups in total. The third kappa shape index (κ3) is 3.89. The van der Waals surface area contributed by atoms with Crippen molar-refractivity contribution in [2.75, 3.05) is 0 Å². The predicted molar refractivity (Wildman–Crippen MR) is 128 cm³/mol. The molecule has 0 saturated heterocycles. The lowest BCUT2D eigenvalue weighted by Crippen LogP contribution is -2.32. The molecule has 2 heteroatoms. The Morgan fingerprint density at radius 1 is 0.500 bits per heavy atom. The number of hydrogen-bond acceptors (Lipinski definition) is 2. The minimum Gasteiger partial charge on any atom is -0.459 e. The van der Waals surface area contributed by atoms with Gasteiger partial charge in [-0.3, -0.25) is 0 Å².